The van der Waals surface area contributed by atoms with E-state index in [1.807, 2.05) is 11.0 Å². The summed E-state index contributed by atoms with van der Waals surface area (Å²) in [5.41, 5.74) is 3.42. The summed E-state index contributed by atoms with van der Waals surface area (Å²) >= 11 is 5.91. The molecule has 1 saturated heterocycles. The highest BCUT2D eigenvalue weighted by Gasteiger charge is 2.25. The minimum atomic E-state index is -0.479. The fourth-order valence-corrected chi connectivity index (χ4v) is 3.32. The SMILES string of the molecule is CC(Cl)C(=O)N1CCN(c2nccc(-c3ccc(C(C)(C)C)cc3)n2)CC1. The molecule has 0 bridgehead atoms. The summed E-state index contributed by atoms with van der Waals surface area (Å²) in [5.74, 6) is 0.698. The van der Waals surface area contributed by atoms with E-state index in [0.717, 1.165) is 11.3 Å². The maximum Gasteiger partial charge on any atom is 0.240 e. The maximum absolute atomic E-state index is 12.0. The van der Waals surface area contributed by atoms with Gasteiger partial charge in [0.2, 0.25) is 11.9 Å². The van der Waals surface area contributed by atoms with Gasteiger partial charge in [0, 0.05) is 37.9 Å². The number of rotatable bonds is 3. The monoisotopic (exact) mass is 386 g/mol. The summed E-state index contributed by atoms with van der Waals surface area (Å²) < 4.78 is 0. The summed E-state index contributed by atoms with van der Waals surface area (Å²) in [4.78, 5) is 25.1. The minimum absolute atomic E-state index is 0.00933. The van der Waals surface area contributed by atoms with Crippen molar-refractivity contribution in [3.63, 3.8) is 0 Å². The number of carbonyl (C=O) groups is 1. The fraction of sp³-hybridized carbons (Fsp3) is 0.476. The average molecular weight is 387 g/mol. The second-order valence-electron chi connectivity index (χ2n) is 8.00. The minimum Gasteiger partial charge on any atom is -0.338 e. The van der Waals surface area contributed by atoms with E-state index in [2.05, 4.69) is 54.9 Å². The van der Waals surface area contributed by atoms with Gasteiger partial charge in [-0.25, -0.2) is 9.97 Å². The van der Waals surface area contributed by atoms with E-state index in [4.69, 9.17) is 16.6 Å². The second-order valence-corrected chi connectivity index (χ2v) is 8.65. The molecular weight excluding hydrogens is 360 g/mol. The topological polar surface area (TPSA) is 49.3 Å². The van der Waals surface area contributed by atoms with E-state index in [9.17, 15) is 4.79 Å². The van der Waals surface area contributed by atoms with Crippen LogP contribution in [0.5, 0.6) is 0 Å². The Morgan fingerprint density at radius 1 is 1.07 bits per heavy atom. The Labute approximate surface area is 166 Å². The first-order valence-electron chi connectivity index (χ1n) is 9.37. The van der Waals surface area contributed by atoms with Gasteiger partial charge < -0.3 is 9.80 Å². The molecule has 1 aliphatic heterocycles. The lowest BCUT2D eigenvalue weighted by atomic mass is 9.86. The van der Waals surface area contributed by atoms with Crippen LogP contribution in [-0.4, -0.2) is 52.3 Å². The number of benzene rings is 1. The van der Waals surface area contributed by atoms with E-state index >= 15 is 0 Å². The maximum atomic E-state index is 12.0. The lowest BCUT2D eigenvalue weighted by molar-refractivity contribution is -0.130. The van der Waals surface area contributed by atoms with Crippen LogP contribution < -0.4 is 4.90 Å². The van der Waals surface area contributed by atoms with Crippen molar-refractivity contribution in [3.05, 3.63) is 42.1 Å². The third-order valence-electron chi connectivity index (χ3n) is 4.90. The Hall–Kier alpha value is -2.14. The summed E-state index contributed by atoms with van der Waals surface area (Å²) in [6.45, 7) is 11.0. The number of nitrogens with zero attached hydrogens (tertiary/aromatic N) is 4. The summed E-state index contributed by atoms with van der Waals surface area (Å²) in [5, 5.41) is -0.479. The van der Waals surface area contributed by atoms with Crippen molar-refractivity contribution >= 4 is 23.5 Å². The largest absolute Gasteiger partial charge is 0.338 e. The molecule has 0 N–H and O–H groups in total. The molecule has 1 amide bonds. The van der Waals surface area contributed by atoms with E-state index in [1.165, 1.54) is 5.56 Å². The zero-order valence-electron chi connectivity index (χ0n) is 16.4. The van der Waals surface area contributed by atoms with Crippen molar-refractivity contribution in [2.45, 2.75) is 38.5 Å². The van der Waals surface area contributed by atoms with Crippen LogP contribution in [-0.2, 0) is 10.2 Å². The molecule has 144 valence electrons. The van der Waals surface area contributed by atoms with Gasteiger partial charge in [-0.15, -0.1) is 11.6 Å². The van der Waals surface area contributed by atoms with Crippen molar-refractivity contribution in [2.24, 2.45) is 0 Å². The molecule has 1 aromatic heterocycles. The number of hydrogen-bond donors (Lipinski definition) is 0. The van der Waals surface area contributed by atoms with Gasteiger partial charge in [-0.3, -0.25) is 4.79 Å². The van der Waals surface area contributed by atoms with Crippen LogP contribution in [0, 0.1) is 0 Å². The van der Waals surface area contributed by atoms with Crippen LogP contribution in [0.2, 0.25) is 0 Å². The highest BCUT2D eigenvalue weighted by Crippen LogP contribution is 2.26. The lowest BCUT2D eigenvalue weighted by Gasteiger charge is -2.35. The molecule has 0 saturated carbocycles. The summed E-state index contributed by atoms with van der Waals surface area (Å²) in [6, 6.07) is 10.5. The van der Waals surface area contributed by atoms with Crippen LogP contribution in [0.15, 0.2) is 36.5 Å². The van der Waals surface area contributed by atoms with E-state index in [0.29, 0.717) is 32.1 Å². The zero-order chi connectivity index (χ0) is 19.6. The first kappa shape index (κ1) is 19.6. The van der Waals surface area contributed by atoms with Gasteiger partial charge in [0.05, 0.1) is 5.69 Å². The van der Waals surface area contributed by atoms with Gasteiger partial charge in [-0.1, -0.05) is 45.0 Å². The number of alkyl halides is 1. The molecule has 1 aromatic carbocycles. The Morgan fingerprint density at radius 2 is 1.70 bits per heavy atom. The van der Waals surface area contributed by atoms with Gasteiger partial charge >= 0.3 is 0 Å². The van der Waals surface area contributed by atoms with Crippen molar-refractivity contribution in [1.82, 2.24) is 14.9 Å². The number of hydrogen-bond acceptors (Lipinski definition) is 4. The van der Waals surface area contributed by atoms with Gasteiger partial charge in [0.1, 0.15) is 5.38 Å². The average Bonchev–Trinajstić information content (AvgIpc) is 2.67. The molecule has 2 aromatic rings. The molecule has 1 fully saturated rings. The van der Waals surface area contributed by atoms with Crippen molar-refractivity contribution < 1.29 is 4.79 Å². The highest BCUT2D eigenvalue weighted by molar-refractivity contribution is 6.30. The van der Waals surface area contributed by atoms with E-state index in [1.54, 1.807) is 13.1 Å². The van der Waals surface area contributed by atoms with Crippen molar-refractivity contribution in [2.75, 3.05) is 31.1 Å². The van der Waals surface area contributed by atoms with Gasteiger partial charge in [-0.2, -0.15) is 0 Å². The third kappa shape index (κ3) is 4.59. The van der Waals surface area contributed by atoms with Crippen LogP contribution >= 0.6 is 11.6 Å². The molecule has 0 aliphatic carbocycles. The second kappa shape index (κ2) is 7.85. The first-order chi connectivity index (χ1) is 12.8. The number of carbonyl (C=O) groups excluding carboxylic acids is 1. The van der Waals surface area contributed by atoms with Crippen LogP contribution in [0.3, 0.4) is 0 Å². The van der Waals surface area contributed by atoms with Gasteiger partial charge in [-0.05, 0) is 24.0 Å². The quantitative estimate of drug-likeness (QED) is 0.754. The Balaban J connectivity index is 1.72. The summed E-state index contributed by atoms with van der Waals surface area (Å²) in [6.07, 6.45) is 1.80. The Bertz CT molecular complexity index is 791. The molecule has 1 unspecified atom stereocenters. The molecule has 2 heterocycles. The van der Waals surface area contributed by atoms with Crippen molar-refractivity contribution in [3.8, 4) is 11.3 Å². The lowest BCUT2D eigenvalue weighted by Crippen LogP contribution is -2.50. The highest BCUT2D eigenvalue weighted by atomic mass is 35.5. The van der Waals surface area contributed by atoms with Crippen LogP contribution in [0.4, 0.5) is 5.95 Å². The van der Waals surface area contributed by atoms with Crippen LogP contribution in [0.1, 0.15) is 33.3 Å². The molecule has 3 rings (SSSR count). The third-order valence-corrected chi connectivity index (χ3v) is 5.09. The Kier molecular flexibility index (Phi) is 5.70. The molecule has 6 heteroatoms. The molecular formula is C21H27ClN4O. The standard InChI is InChI=1S/C21H27ClN4O/c1-15(22)19(27)25-11-13-26(14-12-25)20-23-10-9-18(24-20)16-5-7-17(8-6-16)21(2,3)4/h5-10,15H,11-14H2,1-4H3. The molecule has 0 spiro atoms. The number of aromatic nitrogens is 2. The number of anilines is 1. The summed E-state index contributed by atoms with van der Waals surface area (Å²) in [7, 11) is 0. The zero-order valence-corrected chi connectivity index (χ0v) is 17.2. The van der Waals surface area contributed by atoms with E-state index in [-0.39, 0.29) is 11.3 Å². The molecule has 1 aliphatic rings. The van der Waals surface area contributed by atoms with Gasteiger partial charge in [0.25, 0.3) is 0 Å². The predicted octanol–water partition coefficient (Wildman–Crippen LogP) is 3.72. The van der Waals surface area contributed by atoms with Crippen molar-refractivity contribution in [1.29, 1.82) is 0 Å². The van der Waals surface area contributed by atoms with E-state index < -0.39 is 5.38 Å². The van der Waals surface area contributed by atoms with Crippen LogP contribution in [0.25, 0.3) is 11.3 Å². The normalized spacial score (nSPS) is 16.3. The Morgan fingerprint density at radius 3 is 2.26 bits per heavy atom. The van der Waals surface area contributed by atoms with Gasteiger partial charge in [0.15, 0.2) is 0 Å². The number of piperazine rings is 1. The first-order valence-corrected chi connectivity index (χ1v) is 9.81. The number of amides is 1. The number of halogens is 1. The molecule has 5 nitrogen and oxygen atoms in total. The molecule has 27 heavy (non-hydrogen) atoms. The fourth-order valence-electron chi connectivity index (χ4n) is 3.18. The smallest absolute Gasteiger partial charge is 0.240 e. The predicted molar refractivity (Wildman–Crippen MR) is 110 cm³/mol. The molecule has 1 atom stereocenters. The molecule has 0 radical (unpaired) electrons.